The number of carboxylic acids is 1. The molecular formula is C27H34N2O5. The summed E-state index contributed by atoms with van der Waals surface area (Å²) in [5, 5.41) is 14.6. The maximum absolute atomic E-state index is 13.0. The van der Waals surface area contributed by atoms with E-state index in [1.54, 1.807) is 13.8 Å². The maximum Gasteiger partial charge on any atom is 0.407 e. The van der Waals surface area contributed by atoms with E-state index in [1.165, 1.54) is 0 Å². The lowest BCUT2D eigenvalue weighted by Gasteiger charge is -2.30. The van der Waals surface area contributed by atoms with Crippen LogP contribution in [0.1, 0.15) is 64.5 Å². The van der Waals surface area contributed by atoms with Crippen LogP contribution >= 0.6 is 0 Å². The van der Waals surface area contributed by atoms with Crippen molar-refractivity contribution in [1.29, 1.82) is 0 Å². The quantitative estimate of drug-likeness (QED) is 0.523. The zero-order valence-corrected chi connectivity index (χ0v) is 20.5. The van der Waals surface area contributed by atoms with Crippen LogP contribution < -0.4 is 10.6 Å². The van der Waals surface area contributed by atoms with Crippen molar-refractivity contribution in [2.24, 2.45) is 5.41 Å². The largest absolute Gasteiger partial charge is 0.481 e. The standard InChI is InChI=1S/C27H34N2O5/c1-26(2,3)14-22(24(32)29-27(4,5)15-23(30)31)28-25(33)34-16-21-19-12-8-6-10-17(19)18-11-7-9-13-20(18)21/h6-13,21-22H,14-16H2,1-5H3,(H,28,33)(H,29,32)(H,30,31). The lowest BCUT2D eigenvalue weighted by Crippen LogP contribution is -2.54. The van der Waals surface area contributed by atoms with Gasteiger partial charge in [-0.1, -0.05) is 69.3 Å². The first-order valence-electron chi connectivity index (χ1n) is 11.5. The molecule has 3 rings (SSSR count). The van der Waals surface area contributed by atoms with Crippen molar-refractivity contribution in [2.75, 3.05) is 6.61 Å². The van der Waals surface area contributed by atoms with Gasteiger partial charge < -0.3 is 20.5 Å². The zero-order valence-electron chi connectivity index (χ0n) is 20.5. The molecule has 34 heavy (non-hydrogen) atoms. The smallest absolute Gasteiger partial charge is 0.407 e. The Labute approximate surface area is 200 Å². The second-order valence-corrected chi connectivity index (χ2v) is 10.7. The van der Waals surface area contributed by atoms with Crippen molar-refractivity contribution in [3.63, 3.8) is 0 Å². The number of rotatable bonds is 8. The summed E-state index contributed by atoms with van der Waals surface area (Å²) >= 11 is 0. The molecule has 1 aliphatic rings. The first-order valence-corrected chi connectivity index (χ1v) is 11.5. The van der Waals surface area contributed by atoms with Gasteiger partial charge in [-0.3, -0.25) is 9.59 Å². The summed E-state index contributed by atoms with van der Waals surface area (Å²) in [6, 6.07) is 15.3. The average Bonchev–Trinajstić information content (AvgIpc) is 3.03. The molecular weight excluding hydrogens is 432 g/mol. The summed E-state index contributed by atoms with van der Waals surface area (Å²) in [5.41, 5.74) is 3.28. The van der Waals surface area contributed by atoms with Crippen molar-refractivity contribution in [1.82, 2.24) is 10.6 Å². The number of benzene rings is 2. The van der Waals surface area contributed by atoms with Gasteiger partial charge in [0.15, 0.2) is 0 Å². The monoisotopic (exact) mass is 466 g/mol. The molecule has 0 spiro atoms. The highest BCUT2D eigenvalue weighted by Gasteiger charge is 2.33. The molecule has 0 fully saturated rings. The van der Waals surface area contributed by atoms with E-state index in [9.17, 15) is 14.4 Å². The Bertz CT molecular complexity index is 1030. The molecule has 0 radical (unpaired) electrons. The predicted molar refractivity (Wildman–Crippen MR) is 131 cm³/mol. The SMILES string of the molecule is CC(C)(C)CC(NC(=O)OCC1c2ccccc2-c2ccccc21)C(=O)NC(C)(C)CC(=O)O. The number of nitrogens with one attached hydrogen (secondary N) is 2. The molecule has 1 atom stereocenters. The van der Waals surface area contributed by atoms with Gasteiger partial charge in [-0.2, -0.15) is 0 Å². The highest BCUT2D eigenvalue weighted by molar-refractivity contribution is 5.87. The summed E-state index contributed by atoms with van der Waals surface area (Å²) in [7, 11) is 0. The highest BCUT2D eigenvalue weighted by atomic mass is 16.5. The van der Waals surface area contributed by atoms with Crippen molar-refractivity contribution >= 4 is 18.0 Å². The van der Waals surface area contributed by atoms with Gasteiger partial charge in [-0.25, -0.2) is 4.79 Å². The fourth-order valence-corrected chi connectivity index (χ4v) is 4.45. The van der Waals surface area contributed by atoms with E-state index in [-0.39, 0.29) is 24.4 Å². The van der Waals surface area contributed by atoms with Crippen molar-refractivity contribution in [2.45, 2.75) is 65.0 Å². The number of carbonyl (C=O) groups is 3. The minimum absolute atomic E-state index is 0.0810. The third-order valence-electron chi connectivity index (χ3n) is 5.82. The number of amides is 2. The molecule has 1 unspecified atom stereocenters. The molecule has 0 saturated heterocycles. The van der Waals surface area contributed by atoms with Gasteiger partial charge in [0.2, 0.25) is 5.91 Å². The van der Waals surface area contributed by atoms with E-state index in [4.69, 9.17) is 9.84 Å². The molecule has 0 bridgehead atoms. The predicted octanol–water partition coefficient (Wildman–Crippen LogP) is 4.70. The van der Waals surface area contributed by atoms with Crippen LogP contribution in [0.4, 0.5) is 4.79 Å². The van der Waals surface area contributed by atoms with Crippen LogP contribution in [0.2, 0.25) is 0 Å². The molecule has 182 valence electrons. The Morgan fingerprint density at radius 1 is 0.941 bits per heavy atom. The van der Waals surface area contributed by atoms with Gasteiger partial charge in [-0.15, -0.1) is 0 Å². The first-order chi connectivity index (χ1) is 15.9. The second-order valence-electron chi connectivity index (χ2n) is 10.7. The molecule has 2 amide bonds. The van der Waals surface area contributed by atoms with Gasteiger partial charge in [0.05, 0.1) is 6.42 Å². The molecule has 0 aromatic heterocycles. The van der Waals surface area contributed by atoms with Gasteiger partial charge in [-0.05, 0) is 47.9 Å². The van der Waals surface area contributed by atoms with Gasteiger partial charge in [0.25, 0.3) is 0 Å². The van der Waals surface area contributed by atoms with E-state index in [0.29, 0.717) is 6.42 Å². The van der Waals surface area contributed by atoms with Crippen molar-refractivity contribution in [3.05, 3.63) is 59.7 Å². The van der Waals surface area contributed by atoms with E-state index >= 15 is 0 Å². The summed E-state index contributed by atoms with van der Waals surface area (Å²) in [4.78, 5) is 36.8. The normalized spacial score (nSPS) is 14.0. The number of hydrogen-bond acceptors (Lipinski definition) is 4. The van der Waals surface area contributed by atoms with Gasteiger partial charge in [0, 0.05) is 11.5 Å². The third-order valence-corrected chi connectivity index (χ3v) is 5.82. The van der Waals surface area contributed by atoms with Gasteiger partial charge >= 0.3 is 12.1 Å². The summed E-state index contributed by atoms with van der Waals surface area (Å²) in [5.74, 6) is -1.53. The molecule has 3 N–H and O–H groups in total. The van der Waals surface area contributed by atoms with E-state index in [2.05, 4.69) is 22.8 Å². The first kappa shape index (κ1) is 25.3. The topological polar surface area (TPSA) is 105 Å². The highest BCUT2D eigenvalue weighted by Crippen LogP contribution is 2.44. The van der Waals surface area contributed by atoms with Crippen LogP contribution in [0.3, 0.4) is 0 Å². The Hall–Kier alpha value is -3.35. The number of hydrogen-bond donors (Lipinski definition) is 3. The van der Waals surface area contributed by atoms with E-state index in [1.807, 2.05) is 57.2 Å². The molecule has 0 heterocycles. The number of ether oxygens (including phenoxy) is 1. The summed E-state index contributed by atoms with van der Waals surface area (Å²) in [6.45, 7) is 9.33. The minimum Gasteiger partial charge on any atom is -0.481 e. The molecule has 2 aromatic rings. The Morgan fingerprint density at radius 2 is 1.47 bits per heavy atom. The van der Waals surface area contributed by atoms with Crippen molar-refractivity contribution < 1.29 is 24.2 Å². The number of carboxylic acid groups (broad SMARTS) is 1. The molecule has 7 nitrogen and oxygen atoms in total. The van der Waals surface area contributed by atoms with Gasteiger partial charge in [0.1, 0.15) is 12.6 Å². The molecule has 0 saturated carbocycles. The lowest BCUT2D eigenvalue weighted by atomic mass is 9.87. The number of alkyl carbamates (subject to hydrolysis) is 1. The van der Waals surface area contributed by atoms with E-state index in [0.717, 1.165) is 22.3 Å². The zero-order chi connectivity index (χ0) is 25.1. The van der Waals surface area contributed by atoms with Crippen LogP contribution in [-0.4, -0.2) is 41.3 Å². The maximum atomic E-state index is 13.0. The van der Waals surface area contributed by atoms with Crippen LogP contribution in [0.5, 0.6) is 0 Å². The Morgan fingerprint density at radius 3 is 1.97 bits per heavy atom. The number of carbonyl (C=O) groups excluding carboxylic acids is 2. The van der Waals surface area contributed by atoms with Crippen LogP contribution in [0, 0.1) is 5.41 Å². The van der Waals surface area contributed by atoms with Crippen molar-refractivity contribution in [3.8, 4) is 11.1 Å². The molecule has 7 heteroatoms. The molecule has 0 aliphatic heterocycles. The number of fused-ring (bicyclic) bond motifs is 3. The molecule has 2 aromatic carbocycles. The average molecular weight is 467 g/mol. The minimum atomic E-state index is -1.01. The summed E-state index contributed by atoms with van der Waals surface area (Å²) in [6.07, 6.45) is -0.541. The number of aliphatic carboxylic acids is 1. The Balaban J connectivity index is 1.69. The second kappa shape index (κ2) is 9.87. The van der Waals surface area contributed by atoms with Crippen LogP contribution in [-0.2, 0) is 14.3 Å². The van der Waals surface area contributed by atoms with Crippen LogP contribution in [0.15, 0.2) is 48.5 Å². The molecule has 1 aliphatic carbocycles. The third kappa shape index (κ3) is 6.37. The fraction of sp³-hybridized carbons (Fsp3) is 0.444. The van der Waals surface area contributed by atoms with Crippen LogP contribution in [0.25, 0.3) is 11.1 Å². The van der Waals surface area contributed by atoms with E-state index < -0.39 is 29.6 Å². The summed E-state index contributed by atoms with van der Waals surface area (Å²) < 4.78 is 5.61. The lowest BCUT2D eigenvalue weighted by molar-refractivity contribution is -0.138. The fourth-order valence-electron chi connectivity index (χ4n) is 4.45. The Kier molecular flexibility index (Phi) is 7.34.